The van der Waals surface area contributed by atoms with Crippen LogP contribution in [0, 0.1) is 18.6 Å². The predicted octanol–water partition coefficient (Wildman–Crippen LogP) is 3.81. The van der Waals surface area contributed by atoms with Crippen molar-refractivity contribution in [2.24, 2.45) is 0 Å². The minimum atomic E-state index is -0.946. The number of nitrogens with zero attached hydrogens (tertiary/aromatic N) is 2. The van der Waals surface area contributed by atoms with Crippen molar-refractivity contribution in [1.82, 2.24) is 15.5 Å². The quantitative estimate of drug-likeness (QED) is 0.782. The van der Waals surface area contributed by atoms with Crippen molar-refractivity contribution in [2.75, 3.05) is 0 Å². The number of nitrogens with one attached hydrogen (secondary N) is 1. The van der Waals surface area contributed by atoms with Crippen LogP contribution in [0.1, 0.15) is 34.7 Å². The summed E-state index contributed by atoms with van der Waals surface area (Å²) in [6, 6.07) is 9.72. The molecule has 1 N–H and O–H groups in total. The van der Waals surface area contributed by atoms with Gasteiger partial charge in [0, 0.05) is 11.1 Å². The Morgan fingerprint density at radius 2 is 1.84 bits per heavy atom. The van der Waals surface area contributed by atoms with E-state index in [4.69, 9.17) is 4.52 Å². The second-order valence-corrected chi connectivity index (χ2v) is 5.59. The molecule has 0 fully saturated rings. The standard InChI is InChI=1S/C18H15F2N3O2/c1-10(14-7-8-15(19)16(20)9-14)21-17(24)12-3-5-13(6-4-12)18-22-11(2)23-25-18/h3-10H,1-2H3,(H,21,24). The van der Waals surface area contributed by atoms with Crippen LogP contribution in [0.4, 0.5) is 8.78 Å². The first-order chi connectivity index (χ1) is 11.9. The van der Waals surface area contributed by atoms with Gasteiger partial charge in [0.2, 0.25) is 0 Å². The molecule has 1 heterocycles. The van der Waals surface area contributed by atoms with E-state index >= 15 is 0 Å². The molecule has 5 nitrogen and oxygen atoms in total. The van der Waals surface area contributed by atoms with E-state index in [1.807, 2.05) is 0 Å². The molecule has 3 aromatic rings. The molecule has 0 aliphatic rings. The third-order valence-corrected chi connectivity index (χ3v) is 3.71. The van der Waals surface area contributed by atoms with E-state index < -0.39 is 17.7 Å². The van der Waals surface area contributed by atoms with Crippen molar-refractivity contribution in [3.05, 3.63) is 71.1 Å². The van der Waals surface area contributed by atoms with Gasteiger partial charge in [-0.1, -0.05) is 11.2 Å². The van der Waals surface area contributed by atoms with Gasteiger partial charge in [-0.25, -0.2) is 8.78 Å². The Morgan fingerprint density at radius 3 is 2.44 bits per heavy atom. The fraction of sp³-hybridized carbons (Fsp3) is 0.167. The largest absolute Gasteiger partial charge is 0.346 e. The second kappa shape index (κ2) is 6.80. The molecule has 2 aromatic carbocycles. The van der Waals surface area contributed by atoms with Gasteiger partial charge in [-0.2, -0.15) is 4.98 Å². The number of aryl methyl sites for hydroxylation is 1. The maximum Gasteiger partial charge on any atom is 0.257 e. The average molecular weight is 343 g/mol. The third-order valence-electron chi connectivity index (χ3n) is 3.71. The van der Waals surface area contributed by atoms with E-state index in [-0.39, 0.29) is 5.91 Å². The van der Waals surface area contributed by atoms with Gasteiger partial charge in [-0.15, -0.1) is 0 Å². The van der Waals surface area contributed by atoms with Gasteiger partial charge in [-0.3, -0.25) is 4.79 Å². The highest BCUT2D eigenvalue weighted by Crippen LogP contribution is 2.19. The molecule has 1 aromatic heterocycles. The average Bonchev–Trinajstić information content (AvgIpc) is 3.04. The predicted molar refractivity (Wildman–Crippen MR) is 86.7 cm³/mol. The number of amides is 1. The minimum absolute atomic E-state index is 0.328. The molecule has 3 rings (SSSR count). The molecule has 7 heteroatoms. The molecule has 0 saturated carbocycles. The Labute approximate surface area is 142 Å². The fourth-order valence-corrected chi connectivity index (χ4v) is 2.32. The summed E-state index contributed by atoms with van der Waals surface area (Å²) >= 11 is 0. The van der Waals surface area contributed by atoms with Crippen molar-refractivity contribution in [3.63, 3.8) is 0 Å². The van der Waals surface area contributed by atoms with Gasteiger partial charge in [0.05, 0.1) is 6.04 Å². The second-order valence-electron chi connectivity index (χ2n) is 5.59. The number of carbonyl (C=O) groups excluding carboxylic acids is 1. The van der Waals surface area contributed by atoms with E-state index in [1.54, 1.807) is 38.1 Å². The van der Waals surface area contributed by atoms with Crippen LogP contribution in [0.3, 0.4) is 0 Å². The molecule has 1 atom stereocenters. The number of aromatic nitrogens is 2. The highest BCUT2D eigenvalue weighted by Gasteiger charge is 2.14. The first-order valence-corrected chi connectivity index (χ1v) is 7.60. The van der Waals surface area contributed by atoms with Gasteiger partial charge in [0.15, 0.2) is 17.5 Å². The molecular formula is C18H15F2N3O2. The molecule has 0 aliphatic carbocycles. The Kier molecular flexibility index (Phi) is 4.56. The van der Waals surface area contributed by atoms with Crippen molar-refractivity contribution < 1.29 is 18.1 Å². The zero-order chi connectivity index (χ0) is 18.0. The van der Waals surface area contributed by atoms with E-state index in [9.17, 15) is 13.6 Å². The zero-order valence-corrected chi connectivity index (χ0v) is 13.6. The summed E-state index contributed by atoms with van der Waals surface area (Å²) < 4.78 is 31.4. The summed E-state index contributed by atoms with van der Waals surface area (Å²) in [7, 11) is 0. The van der Waals surface area contributed by atoms with Crippen LogP contribution >= 0.6 is 0 Å². The number of carbonyl (C=O) groups is 1. The normalized spacial score (nSPS) is 12.0. The molecule has 1 unspecified atom stereocenters. The smallest absolute Gasteiger partial charge is 0.257 e. The lowest BCUT2D eigenvalue weighted by molar-refractivity contribution is 0.0940. The third kappa shape index (κ3) is 3.71. The van der Waals surface area contributed by atoms with Crippen molar-refractivity contribution >= 4 is 5.91 Å². The van der Waals surface area contributed by atoms with Crippen molar-refractivity contribution in [2.45, 2.75) is 19.9 Å². The highest BCUT2D eigenvalue weighted by atomic mass is 19.2. The van der Waals surface area contributed by atoms with E-state index in [2.05, 4.69) is 15.5 Å². The summed E-state index contributed by atoms with van der Waals surface area (Å²) in [6.07, 6.45) is 0. The number of hydrogen-bond acceptors (Lipinski definition) is 4. The minimum Gasteiger partial charge on any atom is -0.346 e. The highest BCUT2D eigenvalue weighted by molar-refractivity contribution is 5.94. The van der Waals surface area contributed by atoms with Gasteiger partial charge >= 0.3 is 0 Å². The lowest BCUT2D eigenvalue weighted by Crippen LogP contribution is -2.26. The molecule has 0 saturated heterocycles. The Morgan fingerprint density at radius 1 is 1.12 bits per heavy atom. The fourth-order valence-electron chi connectivity index (χ4n) is 2.32. The van der Waals surface area contributed by atoms with Gasteiger partial charge in [-0.05, 0) is 55.8 Å². The maximum atomic E-state index is 13.3. The summed E-state index contributed by atoms with van der Waals surface area (Å²) in [5.74, 6) is -1.30. The molecule has 0 aliphatic heterocycles. The Balaban J connectivity index is 1.71. The van der Waals surface area contributed by atoms with Gasteiger partial charge < -0.3 is 9.84 Å². The van der Waals surface area contributed by atoms with E-state index in [0.717, 1.165) is 12.1 Å². The zero-order valence-electron chi connectivity index (χ0n) is 13.6. The molecule has 128 valence electrons. The Bertz CT molecular complexity index is 907. The Hall–Kier alpha value is -3.09. The van der Waals surface area contributed by atoms with E-state index in [0.29, 0.717) is 28.4 Å². The van der Waals surface area contributed by atoms with Crippen LogP contribution in [0.25, 0.3) is 11.5 Å². The van der Waals surface area contributed by atoms with Crippen LogP contribution < -0.4 is 5.32 Å². The first kappa shape index (κ1) is 16.8. The summed E-state index contributed by atoms with van der Waals surface area (Å²) in [5, 5.41) is 6.46. The SMILES string of the molecule is Cc1noc(-c2ccc(C(=O)NC(C)c3ccc(F)c(F)c3)cc2)n1. The topological polar surface area (TPSA) is 68.0 Å². The van der Waals surface area contributed by atoms with Gasteiger partial charge in [0.1, 0.15) is 0 Å². The van der Waals surface area contributed by atoms with Crippen LogP contribution in [-0.2, 0) is 0 Å². The summed E-state index contributed by atoms with van der Waals surface area (Å²) in [6.45, 7) is 3.41. The number of halogens is 2. The molecular weight excluding hydrogens is 328 g/mol. The van der Waals surface area contributed by atoms with Crippen molar-refractivity contribution in [1.29, 1.82) is 0 Å². The summed E-state index contributed by atoms with van der Waals surface area (Å²) in [4.78, 5) is 16.4. The van der Waals surface area contributed by atoms with Crippen LogP contribution in [0.2, 0.25) is 0 Å². The maximum absolute atomic E-state index is 13.3. The lowest BCUT2D eigenvalue weighted by atomic mass is 10.1. The number of hydrogen-bond donors (Lipinski definition) is 1. The lowest BCUT2D eigenvalue weighted by Gasteiger charge is -2.14. The van der Waals surface area contributed by atoms with Crippen molar-refractivity contribution in [3.8, 4) is 11.5 Å². The van der Waals surface area contributed by atoms with Gasteiger partial charge in [0.25, 0.3) is 11.8 Å². The number of benzene rings is 2. The molecule has 25 heavy (non-hydrogen) atoms. The summed E-state index contributed by atoms with van der Waals surface area (Å²) in [5.41, 5.74) is 1.60. The first-order valence-electron chi connectivity index (χ1n) is 7.60. The molecule has 1 amide bonds. The van der Waals surface area contributed by atoms with Crippen LogP contribution in [-0.4, -0.2) is 16.0 Å². The molecule has 0 radical (unpaired) electrons. The monoisotopic (exact) mass is 343 g/mol. The van der Waals surface area contributed by atoms with Crippen LogP contribution in [0.5, 0.6) is 0 Å². The van der Waals surface area contributed by atoms with Crippen LogP contribution in [0.15, 0.2) is 47.0 Å². The molecule has 0 spiro atoms. The van der Waals surface area contributed by atoms with E-state index in [1.165, 1.54) is 6.07 Å². The number of rotatable bonds is 4. The molecule has 0 bridgehead atoms.